The molecule has 0 fully saturated rings. The molecule has 31 heavy (non-hydrogen) atoms. The fourth-order valence-electron chi connectivity index (χ4n) is 4.02. The summed E-state index contributed by atoms with van der Waals surface area (Å²) in [6.45, 7) is 6.89. The van der Waals surface area contributed by atoms with Gasteiger partial charge in [-0.3, -0.25) is 9.89 Å². The number of benzene rings is 2. The fourth-order valence-corrected chi connectivity index (χ4v) is 4.02. The van der Waals surface area contributed by atoms with Crippen LogP contribution in [-0.4, -0.2) is 45.4 Å². The van der Waals surface area contributed by atoms with Gasteiger partial charge in [0.1, 0.15) is 23.0 Å². The molecule has 1 atom stereocenters. The van der Waals surface area contributed by atoms with Crippen LogP contribution in [0.5, 0.6) is 5.75 Å². The Kier molecular flexibility index (Phi) is 5.78. The first-order chi connectivity index (χ1) is 14.9. The second-order valence-corrected chi connectivity index (χ2v) is 8.11. The van der Waals surface area contributed by atoms with E-state index in [0.717, 1.165) is 11.1 Å². The molecule has 0 bridgehead atoms. The third kappa shape index (κ3) is 4.05. The van der Waals surface area contributed by atoms with Crippen LogP contribution in [0, 0.1) is 12.7 Å². The second-order valence-electron chi connectivity index (χ2n) is 8.11. The molecule has 2 heterocycles. The molecule has 162 valence electrons. The number of amides is 1. The van der Waals surface area contributed by atoms with Gasteiger partial charge in [0, 0.05) is 24.3 Å². The predicted octanol–water partition coefficient (Wildman–Crippen LogP) is 4.59. The number of carbonyl (C=O) groups is 1. The van der Waals surface area contributed by atoms with E-state index >= 15 is 0 Å². The number of fused-ring (bicyclic) bond motifs is 1. The van der Waals surface area contributed by atoms with Crippen molar-refractivity contribution in [3.05, 3.63) is 70.7 Å². The number of ether oxygens (including phenoxy) is 1. The van der Waals surface area contributed by atoms with Gasteiger partial charge < -0.3 is 14.7 Å². The highest BCUT2D eigenvalue weighted by Gasteiger charge is 2.42. The molecule has 1 aliphatic rings. The van der Waals surface area contributed by atoms with Crippen molar-refractivity contribution in [1.82, 2.24) is 15.1 Å². The lowest BCUT2D eigenvalue weighted by Gasteiger charge is -2.26. The number of nitrogens with one attached hydrogen (secondary N) is 1. The van der Waals surface area contributed by atoms with E-state index in [0.29, 0.717) is 42.1 Å². The average Bonchev–Trinajstić information content (AvgIpc) is 3.27. The fraction of sp³-hybridized carbons (Fsp3) is 0.333. The molecule has 2 N–H and O–H groups in total. The van der Waals surface area contributed by atoms with E-state index in [1.54, 1.807) is 23.1 Å². The van der Waals surface area contributed by atoms with Gasteiger partial charge in [-0.2, -0.15) is 5.10 Å². The maximum atomic E-state index is 13.6. The third-order valence-corrected chi connectivity index (χ3v) is 5.45. The Labute approximate surface area is 180 Å². The first kappa shape index (κ1) is 21.1. The zero-order valence-electron chi connectivity index (χ0n) is 17.9. The molecule has 1 aromatic heterocycles. The van der Waals surface area contributed by atoms with Gasteiger partial charge in [0.2, 0.25) is 0 Å². The monoisotopic (exact) mass is 423 g/mol. The van der Waals surface area contributed by atoms with Gasteiger partial charge in [-0.1, -0.05) is 23.8 Å². The Bertz CT molecular complexity index is 1090. The molecule has 0 aliphatic carbocycles. The molecular formula is C24H26FN3O3. The van der Waals surface area contributed by atoms with Crippen LogP contribution in [0.15, 0.2) is 42.5 Å². The van der Waals surface area contributed by atoms with Crippen LogP contribution >= 0.6 is 0 Å². The highest BCUT2D eigenvalue weighted by Crippen LogP contribution is 2.44. The van der Waals surface area contributed by atoms with Crippen molar-refractivity contribution in [2.45, 2.75) is 39.3 Å². The van der Waals surface area contributed by atoms with E-state index in [-0.39, 0.29) is 23.6 Å². The lowest BCUT2D eigenvalue weighted by Crippen LogP contribution is -2.31. The van der Waals surface area contributed by atoms with Gasteiger partial charge in [0.25, 0.3) is 5.91 Å². The van der Waals surface area contributed by atoms with Gasteiger partial charge in [-0.05, 0) is 57.0 Å². The summed E-state index contributed by atoms with van der Waals surface area (Å²) in [5.74, 6) is -0.414. The topological polar surface area (TPSA) is 78.5 Å². The summed E-state index contributed by atoms with van der Waals surface area (Å²) in [7, 11) is 0. The average molecular weight is 423 g/mol. The predicted molar refractivity (Wildman–Crippen MR) is 115 cm³/mol. The summed E-state index contributed by atoms with van der Waals surface area (Å²) < 4.78 is 19.2. The highest BCUT2D eigenvalue weighted by atomic mass is 19.1. The molecule has 0 spiro atoms. The van der Waals surface area contributed by atoms with Gasteiger partial charge in [0.05, 0.1) is 12.1 Å². The molecule has 0 unspecified atom stereocenters. The van der Waals surface area contributed by atoms with Crippen molar-refractivity contribution in [1.29, 1.82) is 0 Å². The quantitative estimate of drug-likeness (QED) is 0.545. The number of hydrogen-bond donors (Lipinski definition) is 2. The minimum absolute atomic E-state index is 0.0917. The van der Waals surface area contributed by atoms with Crippen LogP contribution in [0.2, 0.25) is 0 Å². The first-order valence-electron chi connectivity index (χ1n) is 10.4. The van der Waals surface area contributed by atoms with Gasteiger partial charge in [-0.25, -0.2) is 4.39 Å². The lowest BCUT2D eigenvalue weighted by atomic mass is 9.95. The Morgan fingerprint density at radius 3 is 2.68 bits per heavy atom. The van der Waals surface area contributed by atoms with Crippen LogP contribution in [0.3, 0.4) is 0 Å². The third-order valence-electron chi connectivity index (χ3n) is 5.45. The van der Waals surface area contributed by atoms with Crippen molar-refractivity contribution >= 4 is 5.91 Å². The van der Waals surface area contributed by atoms with E-state index in [1.807, 2.05) is 32.9 Å². The Balaban J connectivity index is 1.76. The molecule has 0 radical (unpaired) electrons. The summed E-state index contributed by atoms with van der Waals surface area (Å²) in [5, 5.41) is 17.7. The molecule has 1 amide bonds. The molecular weight excluding hydrogens is 397 g/mol. The molecule has 7 heteroatoms. The molecule has 6 nitrogen and oxygen atoms in total. The number of rotatable bonds is 7. The maximum Gasteiger partial charge on any atom is 0.273 e. The zero-order valence-corrected chi connectivity index (χ0v) is 17.9. The molecule has 3 aromatic rings. The minimum Gasteiger partial charge on any atom is -0.507 e. The van der Waals surface area contributed by atoms with Crippen molar-refractivity contribution in [2.75, 3.05) is 13.2 Å². The molecule has 1 aliphatic heterocycles. The Hall–Kier alpha value is -3.19. The number of phenols is 1. The standard InChI is InChI=1S/C24H26FN3O3/c1-14(2)31-12-4-11-28-23(16-6-8-17(25)9-7-16)20-21(26-27-22(20)24(28)30)18-13-15(3)5-10-19(18)29/h5-10,13-14,23,29H,4,11-12H2,1-3H3,(H,26,27)/t23-/m1/s1. The van der Waals surface area contributed by atoms with Crippen molar-refractivity contribution in [3.63, 3.8) is 0 Å². The number of nitrogens with zero attached hydrogens (tertiary/aromatic N) is 2. The number of aromatic hydroxyl groups is 1. The first-order valence-corrected chi connectivity index (χ1v) is 10.4. The van der Waals surface area contributed by atoms with Crippen LogP contribution in [0.4, 0.5) is 4.39 Å². The van der Waals surface area contributed by atoms with E-state index < -0.39 is 6.04 Å². The normalized spacial score (nSPS) is 15.7. The minimum atomic E-state index is -0.434. The largest absolute Gasteiger partial charge is 0.507 e. The van der Waals surface area contributed by atoms with Gasteiger partial charge >= 0.3 is 0 Å². The van der Waals surface area contributed by atoms with E-state index in [4.69, 9.17) is 4.74 Å². The second kappa shape index (κ2) is 8.51. The number of H-pyrrole nitrogens is 1. The number of aryl methyl sites for hydroxylation is 1. The number of aromatic nitrogens is 2. The van der Waals surface area contributed by atoms with Crippen molar-refractivity contribution in [3.8, 4) is 17.0 Å². The van der Waals surface area contributed by atoms with E-state index in [9.17, 15) is 14.3 Å². The smallest absolute Gasteiger partial charge is 0.273 e. The van der Waals surface area contributed by atoms with E-state index in [2.05, 4.69) is 10.2 Å². The summed E-state index contributed by atoms with van der Waals surface area (Å²) in [6, 6.07) is 11.0. The summed E-state index contributed by atoms with van der Waals surface area (Å²) in [5.41, 5.74) is 3.93. The summed E-state index contributed by atoms with van der Waals surface area (Å²) in [6.07, 6.45) is 0.791. The van der Waals surface area contributed by atoms with Crippen LogP contribution in [0.1, 0.15) is 53.5 Å². The SMILES string of the molecule is Cc1ccc(O)c(-c2n[nH]c3c2[C@@H](c2ccc(F)cc2)N(CCCOC(C)C)C3=O)c1. The van der Waals surface area contributed by atoms with Crippen molar-refractivity contribution < 1.29 is 19.0 Å². The molecule has 0 saturated heterocycles. The summed E-state index contributed by atoms with van der Waals surface area (Å²) >= 11 is 0. The number of aromatic amines is 1. The van der Waals surface area contributed by atoms with Gasteiger partial charge in [0.15, 0.2) is 0 Å². The summed E-state index contributed by atoms with van der Waals surface area (Å²) in [4.78, 5) is 15.0. The zero-order chi connectivity index (χ0) is 22.1. The lowest BCUT2D eigenvalue weighted by molar-refractivity contribution is 0.0601. The van der Waals surface area contributed by atoms with Gasteiger partial charge in [-0.15, -0.1) is 0 Å². The molecule has 4 rings (SSSR count). The molecule has 0 saturated carbocycles. The number of phenolic OH excluding ortho intramolecular Hbond substituents is 1. The Morgan fingerprint density at radius 1 is 1.23 bits per heavy atom. The number of hydrogen-bond acceptors (Lipinski definition) is 4. The Morgan fingerprint density at radius 2 is 1.97 bits per heavy atom. The van der Waals surface area contributed by atoms with Crippen molar-refractivity contribution in [2.24, 2.45) is 0 Å². The number of carbonyl (C=O) groups excluding carboxylic acids is 1. The number of halogens is 1. The van der Waals surface area contributed by atoms with Crippen LogP contribution < -0.4 is 0 Å². The molecule has 2 aromatic carbocycles. The van der Waals surface area contributed by atoms with Crippen LogP contribution in [-0.2, 0) is 4.74 Å². The van der Waals surface area contributed by atoms with E-state index in [1.165, 1.54) is 12.1 Å². The maximum absolute atomic E-state index is 13.6. The highest BCUT2D eigenvalue weighted by molar-refractivity contribution is 6.00. The van der Waals surface area contributed by atoms with Crippen LogP contribution in [0.25, 0.3) is 11.3 Å².